The van der Waals surface area contributed by atoms with Gasteiger partial charge in [0.15, 0.2) is 0 Å². The molecule has 9 nitrogen and oxygen atoms in total. The number of carbonyl (C=O) groups is 2. The molecule has 39 heavy (non-hydrogen) atoms. The number of ether oxygens (including phenoxy) is 2. The fraction of sp³-hybridized carbons (Fsp3) is 0.333. The van der Waals surface area contributed by atoms with Crippen LogP contribution in [-0.2, 0) is 16.1 Å². The Balaban J connectivity index is 1.62. The van der Waals surface area contributed by atoms with Crippen LogP contribution < -0.4 is 19.7 Å². The Morgan fingerprint density at radius 1 is 1.00 bits per heavy atom. The van der Waals surface area contributed by atoms with Crippen molar-refractivity contribution in [2.24, 2.45) is 0 Å². The number of fused-ring (bicyclic) bond motifs is 1. The minimum absolute atomic E-state index is 0.0706. The lowest BCUT2D eigenvalue weighted by Gasteiger charge is -2.33. The maximum Gasteiger partial charge on any atom is 0.249 e. The van der Waals surface area contributed by atoms with Crippen LogP contribution in [0.1, 0.15) is 42.9 Å². The molecule has 202 valence electrons. The molecule has 9 heteroatoms. The van der Waals surface area contributed by atoms with Crippen molar-refractivity contribution in [3.63, 3.8) is 0 Å². The lowest BCUT2D eigenvalue weighted by Crippen LogP contribution is -2.47. The van der Waals surface area contributed by atoms with Gasteiger partial charge in [0.2, 0.25) is 11.8 Å². The van der Waals surface area contributed by atoms with Gasteiger partial charge < -0.3 is 14.8 Å². The van der Waals surface area contributed by atoms with Crippen molar-refractivity contribution < 1.29 is 19.1 Å². The first-order chi connectivity index (χ1) is 19.0. The standard InChI is InChI=1S/C30H33N5O4/c1-20-9-8-12-23(15-20)35(28(36)19-34-27-14-7-6-13-26(27)32-33-34)29(30(37)31-22-10-4-5-11-22)21-16-24(38-2)18-25(17-21)39-3/h6-9,12-18,22,29H,4-5,10-11,19H2,1-3H3,(H,31,37). The van der Waals surface area contributed by atoms with Crippen molar-refractivity contribution in [3.05, 3.63) is 77.9 Å². The van der Waals surface area contributed by atoms with Crippen molar-refractivity contribution in [1.29, 1.82) is 0 Å². The summed E-state index contributed by atoms with van der Waals surface area (Å²) in [5.74, 6) is 0.504. The Labute approximate surface area is 227 Å². The third kappa shape index (κ3) is 5.72. The van der Waals surface area contributed by atoms with E-state index in [-0.39, 0.29) is 24.4 Å². The Morgan fingerprint density at radius 3 is 2.41 bits per heavy atom. The molecule has 1 saturated carbocycles. The number of hydrogen-bond donors (Lipinski definition) is 1. The topological polar surface area (TPSA) is 98.6 Å². The fourth-order valence-electron chi connectivity index (χ4n) is 5.21. The van der Waals surface area contributed by atoms with Gasteiger partial charge in [-0.05, 0) is 67.3 Å². The highest BCUT2D eigenvalue weighted by molar-refractivity contribution is 6.01. The van der Waals surface area contributed by atoms with E-state index in [1.54, 1.807) is 42.0 Å². The SMILES string of the molecule is COc1cc(OC)cc(C(C(=O)NC2CCCC2)N(C(=O)Cn2nnc3ccccc32)c2cccc(C)c2)c1. The monoisotopic (exact) mass is 527 g/mol. The van der Waals surface area contributed by atoms with Crippen LogP contribution in [0.2, 0.25) is 0 Å². The molecular formula is C30H33N5O4. The summed E-state index contributed by atoms with van der Waals surface area (Å²) < 4.78 is 12.6. The Hall–Kier alpha value is -4.40. The van der Waals surface area contributed by atoms with Crippen LogP contribution in [0.25, 0.3) is 11.0 Å². The van der Waals surface area contributed by atoms with E-state index in [2.05, 4.69) is 15.6 Å². The Morgan fingerprint density at radius 2 is 1.72 bits per heavy atom. The van der Waals surface area contributed by atoms with Crippen LogP contribution in [0.4, 0.5) is 5.69 Å². The number of anilines is 1. The fourth-order valence-corrected chi connectivity index (χ4v) is 5.21. The van der Waals surface area contributed by atoms with Crippen LogP contribution in [0, 0.1) is 6.92 Å². The zero-order valence-corrected chi connectivity index (χ0v) is 22.5. The average Bonchev–Trinajstić information content (AvgIpc) is 3.61. The third-order valence-corrected chi connectivity index (χ3v) is 7.15. The highest BCUT2D eigenvalue weighted by atomic mass is 16.5. The van der Waals surface area contributed by atoms with Gasteiger partial charge in [0.05, 0.1) is 19.7 Å². The van der Waals surface area contributed by atoms with Gasteiger partial charge >= 0.3 is 0 Å². The highest BCUT2D eigenvalue weighted by Gasteiger charge is 2.35. The van der Waals surface area contributed by atoms with E-state index in [0.29, 0.717) is 28.3 Å². The van der Waals surface area contributed by atoms with Gasteiger partial charge in [-0.2, -0.15) is 0 Å². The van der Waals surface area contributed by atoms with Gasteiger partial charge in [-0.3, -0.25) is 14.5 Å². The number of benzene rings is 3. The quantitative estimate of drug-likeness (QED) is 0.342. The molecule has 3 aromatic carbocycles. The number of nitrogens with one attached hydrogen (secondary N) is 1. The van der Waals surface area contributed by atoms with E-state index in [1.165, 1.54) is 0 Å². The number of carbonyl (C=O) groups excluding carboxylic acids is 2. The number of amides is 2. The molecule has 2 amide bonds. The molecule has 5 rings (SSSR count). The largest absolute Gasteiger partial charge is 0.497 e. The first kappa shape index (κ1) is 26.2. The number of rotatable bonds is 9. The van der Waals surface area contributed by atoms with Gasteiger partial charge in [-0.15, -0.1) is 5.10 Å². The number of aromatic nitrogens is 3. The predicted octanol–water partition coefficient (Wildman–Crippen LogP) is 4.59. The molecule has 0 bridgehead atoms. The third-order valence-electron chi connectivity index (χ3n) is 7.15. The van der Waals surface area contributed by atoms with Crippen LogP contribution in [0.5, 0.6) is 11.5 Å². The molecule has 1 N–H and O–H groups in total. The lowest BCUT2D eigenvalue weighted by molar-refractivity contribution is -0.127. The van der Waals surface area contributed by atoms with E-state index >= 15 is 0 Å². The molecule has 1 atom stereocenters. The second-order valence-electron chi connectivity index (χ2n) is 9.88. The molecule has 1 aliphatic carbocycles. The zero-order chi connectivity index (χ0) is 27.4. The van der Waals surface area contributed by atoms with Gasteiger partial charge in [-0.1, -0.05) is 42.3 Å². The molecule has 1 unspecified atom stereocenters. The number of nitrogens with zero attached hydrogens (tertiary/aromatic N) is 4. The second kappa shape index (κ2) is 11.6. The number of hydrogen-bond acceptors (Lipinski definition) is 6. The van der Waals surface area contributed by atoms with Crippen LogP contribution >= 0.6 is 0 Å². The summed E-state index contributed by atoms with van der Waals surface area (Å²) in [6, 6.07) is 19.5. The van der Waals surface area contributed by atoms with E-state index in [0.717, 1.165) is 36.8 Å². The second-order valence-corrected chi connectivity index (χ2v) is 9.88. The van der Waals surface area contributed by atoms with Crippen molar-refractivity contribution in [3.8, 4) is 11.5 Å². The van der Waals surface area contributed by atoms with E-state index in [4.69, 9.17) is 9.47 Å². The van der Waals surface area contributed by atoms with Crippen molar-refractivity contribution in [1.82, 2.24) is 20.3 Å². The van der Waals surface area contributed by atoms with E-state index < -0.39 is 6.04 Å². The molecule has 1 fully saturated rings. The average molecular weight is 528 g/mol. The molecule has 4 aromatic rings. The molecular weight excluding hydrogens is 494 g/mol. The van der Waals surface area contributed by atoms with Gasteiger partial charge in [0, 0.05) is 17.8 Å². The van der Waals surface area contributed by atoms with Gasteiger partial charge in [0.25, 0.3) is 0 Å². The first-order valence-electron chi connectivity index (χ1n) is 13.2. The summed E-state index contributed by atoms with van der Waals surface area (Å²) in [7, 11) is 3.12. The minimum atomic E-state index is -0.973. The lowest BCUT2D eigenvalue weighted by atomic mass is 10.0. The number of para-hydroxylation sites is 1. The zero-order valence-electron chi connectivity index (χ0n) is 22.5. The summed E-state index contributed by atoms with van der Waals surface area (Å²) in [5.41, 5.74) is 3.60. The maximum atomic E-state index is 14.2. The van der Waals surface area contributed by atoms with Crippen LogP contribution in [0.15, 0.2) is 66.7 Å². The van der Waals surface area contributed by atoms with Crippen molar-refractivity contribution in [2.45, 2.75) is 51.2 Å². The summed E-state index contributed by atoms with van der Waals surface area (Å²) in [4.78, 5) is 29.9. The molecule has 1 heterocycles. The molecule has 1 aliphatic rings. The Bertz CT molecular complexity index is 1460. The van der Waals surface area contributed by atoms with Crippen LogP contribution in [-0.4, -0.2) is 47.1 Å². The van der Waals surface area contributed by atoms with E-state index in [9.17, 15) is 9.59 Å². The summed E-state index contributed by atoms with van der Waals surface area (Å²) in [6.45, 7) is 1.86. The van der Waals surface area contributed by atoms with Gasteiger partial charge in [-0.25, -0.2) is 4.68 Å². The van der Waals surface area contributed by atoms with Crippen molar-refractivity contribution in [2.75, 3.05) is 19.1 Å². The highest BCUT2D eigenvalue weighted by Crippen LogP contribution is 2.34. The van der Waals surface area contributed by atoms with Gasteiger partial charge in [0.1, 0.15) is 29.6 Å². The van der Waals surface area contributed by atoms with E-state index in [1.807, 2.05) is 55.5 Å². The molecule has 0 spiro atoms. The Kier molecular flexibility index (Phi) is 7.76. The number of methoxy groups -OCH3 is 2. The first-order valence-corrected chi connectivity index (χ1v) is 13.2. The minimum Gasteiger partial charge on any atom is -0.497 e. The molecule has 0 aliphatic heterocycles. The predicted molar refractivity (Wildman–Crippen MR) is 149 cm³/mol. The summed E-state index contributed by atoms with van der Waals surface area (Å²) in [6.07, 6.45) is 3.98. The number of aryl methyl sites for hydroxylation is 1. The summed E-state index contributed by atoms with van der Waals surface area (Å²) in [5, 5.41) is 11.6. The molecule has 1 aromatic heterocycles. The van der Waals surface area contributed by atoms with Crippen molar-refractivity contribution >= 4 is 28.5 Å². The maximum absolute atomic E-state index is 14.2. The normalized spacial score (nSPS) is 14.2. The molecule has 0 radical (unpaired) electrons. The smallest absolute Gasteiger partial charge is 0.249 e. The summed E-state index contributed by atoms with van der Waals surface area (Å²) >= 11 is 0. The van der Waals surface area contributed by atoms with Crippen LogP contribution in [0.3, 0.4) is 0 Å². The molecule has 0 saturated heterocycles.